The summed E-state index contributed by atoms with van der Waals surface area (Å²) in [6, 6.07) is 0. The minimum Gasteiger partial charge on any atom is -0.387 e. The zero-order valence-corrected chi connectivity index (χ0v) is 8.80. The molecule has 74 valence electrons. The van der Waals surface area contributed by atoms with Gasteiger partial charge in [-0.25, -0.2) is 0 Å². The molecular formula is C9H23N2O+. The van der Waals surface area contributed by atoms with E-state index in [4.69, 9.17) is 0 Å². The minimum atomic E-state index is -0.134. The van der Waals surface area contributed by atoms with Gasteiger partial charge in [-0.1, -0.05) is 6.92 Å². The SMILES string of the molecule is C1CN1.CCC(O)C[N+](C)(C)C. The second-order valence-corrected chi connectivity index (χ2v) is 4.28. The zero-order chi connectivity index (χ0) is 9.61. The first-order chi connectivity index (χ1) is 5.45. The molecule has 0 amide bonds. The van der Waals surface area contributed by atoms with Gasteiger partial charge in [0.15, 0.2) is 0 Å². The fourth-order valence-corrected chi connectivity index (χ4v) is 0.761. The van der Waals surface area contributed by atoms with E-state index in [1.54, 1.807) is 0 Å². The summed E-state index contributed by atoms with van der Waals surface area (Å²) in [4.78, 5) is 0. The molecule has 1 aliphatic heterocycles. The molecule has 1 rings (SSSR count). The molecule has 3 nitrogen and oxygen atoms in total. The van der Waals surface area contributed by atoms with Gasteiger partial charge < -0.3 is 14.9 Å². The van der Waals surface area contributed by atoms with E-state index in [9.17, 15) is 5.11 Å². The molecule has 2 N–H and O–H groups in total. The van der Waals surface area contributed by atoms with Gasteiger partial charge in [-0.2, -0.15) is 0 Å². The molecule has 0 aromatic heterocycles. The van der Waals surface area contributed by atoms with Crippen LogP contribution >= 0.6 is 0 Å². The first kappa shape index (κ1) is 11.9. The maximum Gasteiger partial charge on any atom is 0.104 e. The molecule has 1 saturated heterocycles. The molecule has 0 bridgehead atoms. The van der Waals surface area contributed by atoms with Crippen molar-refractivity contribution in [1.29, 1.82) is 0 Å². The van der Waals surface area contributed by atoms with E-state index in [1.165, 1.54) is 13.1 Å². The van der Waals surface area contributed by atoms with Crippen LogP contribution in [0, 0.1) is 0 Å². The van der Waals surface area contributed by atoms with E-state index in [2.05, 4.69) is 26.5 Å². The Morgan fingerprint density at radius 2 is 1.75 bits per heavy atom. The molecule has 0 radical (unpaired) electrons. The van der Waals surface area contributed by atoms with Crippen molar-refractivity contribution in [3.05, 3.63) is 0 Å². The molecule has 0 saturated carbocycles. The Labute approximate surface area is 76.0 Å². The molecule has 12 heavy (non-hydrogen) atoms. The van der Waals surface area contributed by atoms with Gasteiger partial charge in [0.25, 0.3) is 0 Å². The first-order valence-corrected chi connectivity index (χ1v) is 4.65. The number of rotatable bonds is 3. The Kier molecular flexibility index (Phi) is 5.46. The summed E-state index contributed by atoms with van der Waals surface area (Å²) in [7, 11) is 6.25. The Hall–Kier alpha value is -0.120. The maximum absolute atomic E-state index is 9.18. The third-order valence-electron chi connectivity index (χ3n) is 1.48. The van der Waals surface area contributed by atoms with Crippen LogP contribution in [0.2, 0.25) is 0 Å². The highest BCUT2D eigenvalue weighted by atomic mass is 16.3. The van der Waals surface area contributed by atoms with Gasteiger partial charge in [0, 0.05) is 13.1 Å². The van der Waals surface area contributed by atoms with Crippen LogP contribution in [0.15, 0.2) is 0 Å². The smallest absolute Gasteiger partial charge is 0.104 e. The zero-order valence-electron chi connectivity index (χ0n) is 8.80. The Morgan fingerprint density at radius 3 is 1.83 bits per heavy atom. The summed E-state index contributed by atoms with van der Waals surface area (Å²) in [5.41, 5.74) is 0. The van der Waals surface area contributed by atoms with Crippen LogP contribution in [0.3, 0.4) is 0 Å². The first-order valence-electron chi connectivity index (χ1n) is 4.65. The predicted octanol–water partition coefficient (Wildman–Crippen LogP) is 0.0531. The molecule has 1 fully saturated rings. The standard InChI is InChI=1S/C7H18NO.C2H5N/c1-5-7(9)6-8(2,3)4;1-2-3-1/h7,9H,5-6H2,1-4H3;3H,1-2H2/q+1;. The average molecular weight is 175 g/mol. The van der Waals surface area contributed by atoms with E-state index < -0.39 is 0 Å². The molecule has 1 unspecified atom stereocenters. The quantitative estimate of drug-likeness (QED) is 0.470. The Bertz CT molecular complexity index is 105. The highest BCUT2D eigenvalue weighted by molar-refractivity contribution is 4.58. The normalized spacial score (nSPS) is 17.8. The van der Waals surface area contributed by atoms with Crippen molar-refractivity contribution >= 4 is 0 Å². The molecule has 0 aromatic carbocycles. The van der Waals surface area contributed by atoms with Crippen molar-refractivity contribution < 1.29 is 9.59 Å². The van der Waals surface area contributed by atoms with Crippen molar-refractivity contribution in [2.24, 2.45) is 0 Å². The number of nitrogens with zero attached hydrogens (tertiary/aromatic N) is 1. The Balaban J connectivity index is 0.000000330. The number of nitrogens with one attached hydrogen (secondary N) is 1. The lowest BCUT2D eigenvalue weighted by molar-refractivity contribution is -0.873. The summed E-state index contributed by atoms with van der Waals surface area (Å²) >= 11 is 0. The van der Waals surface area contributed by atoms with Crippen molar-refractivity contribution in [1.82, 2.24) is 5.32 Å². The topological polar surface area (TPSA) is 42.2 Å². The summed E-state index contributed by atoms with van der Waals surface area (Å²) < 4.78 is 0.842. The van der Waals surface area contributed by atoms with Crippen LogP contribution in [0.25, 0.3) is 0 Å². The fraction of sp³-hybridized carbons (Fsp3) is 1.00. The van der Waals surface area contributed by atoms with Crippen molar-refractivity contribution in [2.75, 3.05) is 40.8 Å². The molecule has 0 aliphatic carbocycles. The summed E-state index contributed by atoms with van der Waals surface area (Å²) in [6.45, 7) is 5.34. The Morgan fingerprint density at radius 1 is 1.33 bits per heavy atom. The van der Waals surface area contributed by atoms with Gasteiger partial charge in [0.1, 0.15) is 12.6 Å². The second-order valence-electron chi connectivity index (χ2n) is 4.28. The van der Waals surface area contributed by atoms with Gasteiger partial charge in [0.05, 0.1) is 21.1 Å². The molecule has 0 spiro atoms. The minimum absolute atomic E-state index is 0.134. The molecule has 0 aromatic rings. The fourth-order valence-electron chi connectivity index (χ4n) is 0.761. The third kappa shape index (κ3) is 12.5. The summed E-state index contributed by atoms with van der Waals surface area (Å²) in [5, 5.41) is 12.2. The highest BCUT2D eigenvalue weighted by Gasteiger charge is 2.12. The van der Waals surface area contributed by atoms with Crippen molar-refractivity contribution in [2.45, 2.75) is 19.4 Å². The molecular weight excluding hydrogens is 152 g/mol. The number of likely N-dealkylation sites (N-methyl/N-ethyl adjacent to an activating group) is 1. The second kappa shape index (κ2) is 5.51. The molecule has 1 heterocycles. The van der Waals surface area contributed by atoms with E-state index in [-0.39, 0.29) is 6.10 Å². The number of hydrogen-bond donors (Lipinski definition) is 2. The number of quaternary nitrogens is 1. The van der Waals surface area contributed by atoms with E-state index in [1.807, 2.05) is 6.92 Å². The average Bonchev–Trinajstić information content (AvgIpc) is 2.67. The van der Waals surface area contributed by atoms with Gasteiger partial charge in [-0.05, 0) is 6.42 Å². The summed E-state index contributed by atoms with van der Waals surface area (Å²) in [5.74, 6) is 0. The molecule has 3 heteroatoms. The largest absolute Gasteiger partial charge is 0.387 e. The van der Waals surface area contributed by atoms with E-state index in [0.29, 0.717) is 0 Å². The van der Waals surface area contributed by atoms with Crippen LogP contribution < -0.4 is 5.32 Å². The maximum atomic E-state index is 9.18. The van der Waals surface area contributed by atoms with Crippen LogP contribution in [0.5, 0.6) is 0 Å². The van der Waals surface area contributed by atoms with Gasteiger partial charge in [-0.15, -0.1) is 0 Å². The van der Waals surface area contributed by atoms with Crippen molar-refractivity contribution in [3.63, 3.8) is 0 Å². The number of aliphatic hydroxyl groups is 1. The lowest BCUT2D eigenvalue weighted by Crippen LogP contribution is -2.41. The van der Waals surface area contributed by atoms with Crippen LogP contribution in [0.4, 0.5) is 0 Å². The number of aliphatic hydroxyl groups excluding tert-OH is 1. The number of hydrogen-bond acceptors (Lipinski definition) is 2. The predicted molar refractivity (Wildman–Crippen MR) is 52.1 cm³/mol. The third-order valence-corrected chi connectivity index (χ3v) is 1.48. The van der Waals surface area contributed by atoms with Crippen molar-refractivity contribution in [3.8, 4) is 0 Å². The van der Waals surface area contributed by atoms with Gasteiger partial charge >= 0.3 is 0 Å². The summed E-state index contributed by atoms with van der Waals surface area (Å²) in [6.07, 6.45) is 0.722. The molecule has 1 aliphatic rings. The van der Waals surface area contributed by atoms with Crippen LogP contribution in [-0.4, -0.2) is 56.5 Å². The van der Waals surface area contributed by atoms with Crippen LogP contribution in [-0.2, 0) is 0 Å². The van der Waals surface area contributed by atoms with Gasteiger partial charge in [0.2, 0.25) is 0 Å². The lowest BCUT2D eigenvalue weighted by atomic mass is 10.2. The lowest BCUT2D eigenvalue weighted by Gasteiger charge is -2.26. The van der Waals surface area contributed by atoms with Crippen LogP contribution in [0.1, 0.15) is 13.3 Å². The molecule has 1 atom stereocenters. The highest BCUT2D eigenvalue weighted by Crippen LogP contribution is 1.97. The van der Waals surface area contributed by atoms with E-state index >= 15 is 0 Å². The monoisotopic (exact) mass is 175 g/mol. The van der Waals surface area contributed by atoms with Gasteiger partial charge in [-0.3, -0.25) is 0 Å². The van der Waals surface area contributed by atoms with E-state index in [0.717, 1.165) is 17.4 Å².